The van der Waals surface area contributed by atoms with Crippen LogP contribution in [0.25, 0.3) is 0 Å². The number of benzene rings is 2. The van der Waals surface area contributed by atoms with Gasteiger partial charge in [-0.3, -0.25) is 4.79 Å². The highest BCUT2D eigenvalue weighted by atomic mass is 35.5. The van der Waals surface area contributed by atoms with Crippen LogP contribution in [0.1, 0.15) is 18.1 Å². The summed E-state index contributed by atoms with van der Waals surface area (Å²) >= 11 is 5.69. The van der Waals surface area contributed by atoms with E-state index in [1.54, 1.807) is 41.3 Å². The molecular weight excluding hydrogens is 414 g/mol. The van der Waals surface area contributed by atoms with Gasteiger partial charge in [0.15, 0.2) is 5.04 Å². The Morgan fingerprint density at radius 3 is 2.59 bits per heavy atom. The number of aliphatic imine (C=N–C) groups is 2. The molecular formula is C20H16ClN3O4S. The SMILES string of the molecule is CC1Cc2cc(S(=O)(=O)C3=NC(=O)N=C3c3ccccc3)ccc2N1C(=O)CCl. The summed E-state index contributed by atoms with van der Waals surface area (Å²) in [7, 11) is -4.08. The number of hydrogen-bond donors (Lipinski definition) is 0. The maximum Gasteiger partial charge on any atom is 0.369 e. The molecule has 9 heteroatoms. The summed E-state index contributed by atoms with van der Waals surface area (Å²) in [6.07, 6.45) is 0.506. The fourth-order valence-corrected chi connectivity index (χ4v) is 5.12. The first-order valence-corrected chi connectivity index (χ1v) is 10.9. The molecule has 0 fully saturated rings. The number of hydrogen-bond acceptors (Lipinski definition) is 4. The molecule has 0 N–H and O–H groups in total. The smallest absolute Gasteiger partial charge is 0.308 e. The number of amides is 3. The predicted molar refractivity (Wildman–Crippen MR) is 111 cm³/mol. The summed E-state index contributed by atoms with van der Waals surface area (Å²) in [6, 6.07) is 12.1. The molecule has 1 atom stereocenters. The van der Waals surface area contributed by atoms with E-state index in [4.69, 9.17) is 11.6 Å². The zero-order valence-electron chi connectivity index (χ0n) is 15.4. The third-order valence-corrected chi connectivity index (χ3v) is 6.77. The van der Waals surface area contributed by atoms with E-state index in [0.29, 0.717) is 17.7 Å². The van der Waals surface area contributed by atoms with Crippen LogP contribution >= 0.6 is 11.6 Å². The number of nitrogens with zero attached hydrogens (tertiary/aromatic N) is 3. The fourth-order valence-electron chi connectivity index (χ4n) is 3.61. The third-order valence-electron chi connectivity index (χ3n) is 4.87. The zero-order valence-corrected chi connectivity index (χ0v) is 16.9. The van der Waals surface area contributed by atoms with E-state index in [-0.39, 0.29) is 33.5 Å². The van der Waals surface area contributed by atoms with E-state index in [1.165, 1.54) is 12.1 Å². The molecule has 2 heterocycles. The summed E-state index contributed by atoms with van der Waals surface area (Å²) < 4.78 is 26.5. The summed E-state index contributed by atoms with van der Waals surface area (Å²) in [5, 5.41) is -0.367. The third kappa shape index (κ3) is 3.28. The van der Waals surface area contributed by atoms with Crippen LogP contribution in [0.4, 0.5) is 10.5 Å². The normalized spacial score (nSPS) is 18.5. The quantitative estimate of drug-likeness (QED) is 0.700. The van der Waals surface area contributed by atoms with Crippen LogP contribution in [0.2, 0.25) is 0 Å². The molecule has 0 saturated carbocycles. The number of anilines is 1. The Morgan fingerprint density at radius 2 is 1.90 bits per heavy atom. The minimum absolute atomic E-state index is 0.000651. The van der Waals surface area contributed by atoms with E-state index < -0.39 is 15.9 Å². The lowest BCUT2D eigenvalue weighted by molar-refractivity contribution is -0.116. The van der Waals surface area contributed by atoms with E-state index in [0.717, 1.165) is 5.56 Å². The Hall–Kier alpha value is -2.84. The van der Waals surface area contributed by atoms with Gasteiger partial charge in [0.05, 0.1) is 4.90 Å². The van der Waals surface area contributed by atoms with Crippen LogP contribution in [-0.4, -0.2) is 43.0 Å². The minimum atomic E-state index is -4.08. The molecule has 7 nitrogen and oxygen atoms in total. The topological polar surface area (TPSA) is 96.2 Å². The second-order valence-corrected chi connectivity index (χ2v) is 8.90. The number of halogens is 1. The zero-order chi connectivity index (χ0) is 20.8. The van der Waals surface area contributed by atoms with Crippen LogP contribution in [0.15, 0.2) is 63.4 Å². The Kier molecular flexibility index (Phi) is 4.84. The van der Waals surface area contributed by atoms with E-state index in [1.807, 2.05) is 6.92 Å². The maximum absolute atomic E-state index is 13.3. The maximum atomic E-state index is 13.3. The van der Waals surface area contributed by atoms with Crippen LogP contribution in [-0.2, 0) is 21.1 Å². The van der Waals surface area contributed by atoms with Crippen molar-refractivity contribution >= 4 is 49.8 Å². The molecule has 2 aliphatic rings. The second kappa shape index (κ2) is 7.20. The molecule has 29 heavy (non-hydrogen) atoms. The Bertz CT molecular complexity index is 1190. The molecule has 148 valence electrons. The Labute approximate surface area is 172 Å². The van der Waals surface area contributed by atoms with Gasteiger partial charge in [0.2, 0.25) is 15.7 Å². The molecule has 2 aliphatic heterocycles. The van der Waals surface area contributed by atoms with Crippen LogP contribution < -0.4 is 4.90 Å². The predicted octanol–water partition coefficient (Wildman–Crippen LogP) is 3.00. The van der Waals surface area contributed by atoms with Crippen molar-refractivity contribution in [2.24, 2.45) is 9.98 Å². The number of carbonyl (C=O) groups excluding carboxylic acids is 2. The molecule has 1 unspecified atom stereocenters. The lowest BCUT2D eigenvalue weighted by Crippen LogP contribution is -2.36. The van der Waals surface area contributed by atoms with Crippen molar-refractivity contribution in [3.8, 4) is 0 Å². The monoisotopic (exact) mass is 429 g/mol. The number of sulfone groups is 1. The standard InChI is InChI=1S/C20H16ClN3O4S/c1-12-9-14-10-15(7-8-16(14)24(12)17(25)11-21)29(27,28)19-18(22-20(26)23-19)13-5-3-2-4-6-13/h2-8,10,12H,9,11H2,1H3. The highest BCUT2D eigenvalue weighted by Crippen LogP contribution is 2.35. The first-order chi connectivity index (χ1) is 13.8. The average molecular weight is 430 g/mol. The average Bonchev–Trinajstić information content (AvgIpc) is 3.27. The van der Waals surface area contributed by atoms with Crippen molar-refractivity contribution < 1.29 is 18.0 Å². The van der Waals surface area contributed by atoms with Gasteiger partial charge in [-0.2, -0.15) is 9.98 Å². The Balaban J connectivity index is 1.75. The molecule has 3 amide bonds. The minimum Gasteiger partial charge on any atom is -0.308 e. The molecule has 0 spiro atoms. The lowest BCUT2D eigenvalue weighted by atomic mass is 10.1. The van der Waals surface area contributed by atoms with Crippen molar-refractivity contribution in [1.82, 2.24) is 0 Å². The largest absolute Gasteiger partial charge is 0.369 e. The molecule has 0 aliphatic carbocycles. The van der Waals surface area contributed by atoms with Gasteiger partial charge in [0.25, 0.3) is 0 Å². The van der Waals surface area contributed by atoms with Gasteiger partial charge in [0.1, 0.15) is 11.6 Å². The van der Waals surface area contributed by atoms with E-state index in [2.05, 4.69) is 9.98 Å². The molecule has 4 rings (SSSR count). The number of fused-ring (bicyclic) bond motifs is 1. The highest BCUT2D eigenvalue weighted by Gasteiger charge is 2.36. The molecule has 0 bridgehead atoms. The van der Waals surface area contributed by atoms with Gasteiger partial charge >= 0.3 is 6.03 Å². The Morgan fingerprint density at radius 1 is 1.17 bits per heavy atom. The summed E-state index contributed by atoms with van der Waals surface area (Å²) in [4.78, 5) is 32.9. The number of rotatable bonds is 3. The van der Waals surface area contributed by atoms with Gasteiger partial charge in [-0.05, 0) is 37.1 Å². The first-order valence-electron chi connectivity index (χ1n) is 8.86. The summed E-state index contributed by atoms with van der Waals surface area (Å²) in [5.74, 6) is -0.391. The number of alkyl halides is 1. The van der Waals surface area contributed by atoms with E-state index in [9.17, 15) is 18.0 Å². The number of urea groups is 1. The lowest BCUT2D eigenvalue weighted by Gasteiger charge is -2.21. The molecule has 0 radical (unpaired) electrons. The van der Waals surface area contributed by atoms with Crippen molar-refractivity contribution in [3.63, 3.8) is 0 Å². The van der Waals surface area contributed by atoms with Crippen molar-refractivity contribution in [2.75, 3.05) is 10.8 Å². The molecule has 0 saturated heterocycles. The fraction of sp³-hybridized carbons (Fsp3) is 0.200. The van der Waals surface area contributed by atoms with Crippen molar-refractivity contribution in [2.45, 2.75) is 24.3 Å². The van der Waals surface area contributed by atoms with Crippen LogP contribution in [0, 0.1) is 0 Å². The van der Waals surface area contributed by atoms with Gasteiger partial charge in [0, 0.05) is 17.3 Å². The van der Waals surface area contributed by atoms with Gasteiger partial charge in [-0.15, -0.1) is 11.6 Å². The summed E-state index contributed by atoms with van der Waals surface area (Å²) in [6.45, 7) is 1.87. The van der Waals surface area contributed by atoms with Gasteiger partial charge in [-0.1, -0.05) is 30.3 Å². The second-order valence-electron chi connectivity index (χ2n) is 6.77. The van der Waals surface area contributed by atoms with Crippen LogP contribution in [0.3, 0.4) is 0 Å². The highest BCUT2D eigenvalue weighted by molar-refractivity contribution is 8.08. The number of carbonyl (C=O) groups is 2. The van der Waals surface area contributed by atoms with Crippen molar-refractivity contribution in [3.05, 3.63) is 59.7 Å². The van der Waals surface area contributed by atoms with E-state index >= 15 is 0 Å². The molecule has 0 aromatic heterocycles. The summed E-state index contributed by atoms with van der Waals surface area (Å²) in [5.41, 5.74) is 1.89. The molecule has 2 aromatic carbocycles. The van der Waals surface area contributed by atoms with Crippen molar-refractivity contribution in [1.29, 1.82) is 0 Å². The van der Waals surface area contributed by atoms with Gasteiger partial charge in [-0.25, -0.2) is 13.2 Å². The van der Waals surface area contributed by atoms with Gasteiger partial charge < -0.3 is 4.90 Å². The molecule has 2 aromatic rings. The van der Waals surface area contributed by atoms with Crippen LogP contribution in [0.5, 0.6) is 0 Å². The first kappa shape index (κ1) is 19.5.